The zero-order valence-corrected chi connectivity index (χ0v) is 19.9. The van der Waals surface area contributed by atoms with Crippen molar-refractivity contribution < 1.29 is 14.0 Å². The number of fused-ring (bicyclic) bond motifs is 1. The molecule has 2 aliphatic heterocycles. The molecule has 3 aromatic rings. The first-order chi connectivity index (χ1) is 16.4. The second-order valence-electron chi connectivity index (χ2n) is 8.97. The number of likely N-dealkylation sites (tertiary alicyclic amines) is 1. The molecule has 0 aliphatic carbocycles. The van der Waals surface area contributed by atoms with Gasteiger partial charge in [-0.3, -0.25) is 9.59 Å². The number of benzene rings is 2. The van der Waals surface area contributed by atoms with Crippen molar-refractivity contribution >= 4 is 40.8 Å². The summed E-state index contributed by atoms with van der Waals surface area (Å²) in [6, 6.07) is 17.0. The Morgan fingerprint density at radius 2 is 1.91 bits per heavy atom. The van der Waals surface area contributed by atoms with Crippen LogP contribution in [0.4, 0.5) is 5.69 Å². The minimum absolute atomic E-state index is 0.0454. The smallest absolute Gasteiger partial charge is 0.256 e. The third-order valence-corrected chi connectivity index (χ3v) is 6.79. The van der Waals surface area contributed by atoms with Gasteiger partial charge in [-0.25, -0.2) is 0 Å². The van der Waals surface area contributed by atoms with Crippen molar-refractivity contribution in [1.82, 2.24) is 9.80 Å². The van der Waals surface area contributed by atoms with Crippen molar-refractivity contribution in [2.24, 2.45) is 0 Å². The van der Waals surface area contributed by atoms with Gasteiger partial charge in [-0.1, -0.05) is 23.7 Å². The second kappa shape index (κ2) is 9.12. The van der Waals surface area contributed by atoms with E-state index in [1.54, 1.807) is 24.3 Å². The van der Waals surface area contributed by atoms with E-state index in [-0.39, 0.29) is 11.8 Å². The van der Waals surface area contributed by atoms with Crippen LogP contribution in [0.2, 0.25) is 5.02 Å². The molecule has 6 nitrogen and oxygen atoms in total. The van der Waals surface area contributed by atoms with Gasteiger partial charge >= 0.3 is 0 Å². The maximum Gasteiger partial charge on any atom is 0.256 e. The Morgan fingerprint density at radius 3 is 2.68 bits per heavy atom. The fourth-order valence-corrected chi connectivity index (χ4v) is 4.78. The number of hydrogen-bond donors (Lipinski definition) is 1. The Morgan fingerprint density at radius 1 is 1.12 bits per heavy atom. The highest BCUT2D eigenvalue weighted by Gasteiger charge is 2.26. The molecule has 1 saturated heterocycles. The Kier molecular flexibility index (Phi) is 6.02. The summed E-state index contributed by atoms with van der Waals surface area (Å²) in [5.74, 6) is 1.04. The van der Waals surface area contributed by atoms with E-state index in [2.05, 4.69) is 24.3 Å². The van der Waals surface area contributed by atoms with Crippen molar-refractivity contribution in [3.8, 4) is 11.3 Å². The van der Waals surface area contributed by atoms with Crippen LogP contribution in [-0.2, 0) is 4.79 Å². The highest BCUT2D eigenvalue weighted by atomic mass is 35.5. The van der Waals surface area contributed by atoms with Crippen LogP contribution in [0.25, 0.3) is 23.0 Å². The number of piperidine rings is 1. The standard InChI is InChI=1S/C27H26ClN3O3/c1-30(2)20-10-12-31(13-11-20)27(33)18-5-3-4-17(14-18)25-9-7-21(34-25)16-23-22-15-19(28)6-8-24(22)29-26(23)32/h3-9,14-16,20H,10-13H2,1-2H3,(H,29,32)/b23-16+. The molecule has 2 aliphatic rings. The number of halogens is 1. The molecule has 2 aromatic carbocycles. The molecule has 3 heterocycles. The lowest BCUT2D eigenvalue weighted by Crippen LogP contribution is -2.44. The molecule has 0 spiro atoms. The number of carbonyl (C=O) groups is 2. The van der Waals surface area contributed by atoms with E-state index in [4.69, 9.17) is 16.0 Å². The van der Waals surface area contributed by atoms with Crippen LogP contribution < -0.4 is 5.32 Å². The first-order valence-electron chi connectivity index (χ1n) is 11.4. The number of carbonyl (C=O) groups excluding carboxylic acids is 2. The van der Waals surface area contributed by atoms with Crippen LogP contribution in [0.1, 0.15) is 34.5 Å². The van der Waals surface area contributed by atoms with Crippen LogP contribution in [0.5, 0.6) is 0 Å². The fraction of sp³-hybridized carbons (Fsp3) is 0.259. The highest BCUT2D eigenvalue weighted by molar-refractivity contribution is 6.36. The molecule has 1 aromatic heterocycles. The predicted molar refractivity (Wildman–Crippen MR) is 135 cm³/mol. The van der Waals surface area contributed by atoms with E-state index >= 15 is 0 Å². The first-order valence-corrected chi connectivity index (χ1v) is 11.8. The molecule has 2 amide bonds. The zero-order valence-electron chi connectivity index (χ0n) is 19.2. The number of hydrogen-bond acceptors (Lipinski definition) is 4. The topological polar surface area (TPSA) is 65.8 Å². The number of nitrogens with zero attached hydrogens (tertiary/aromatic N) is 2. The maximum absolute atomic E-state index is 13.1. The van der Waals surface area contributed by atoms with Crippen molar-refractivity contribution in [3.05, 3.63) is 76.5 Å². The SMILES string of the molecule is CN(C)C1CCN(C(=O)c2cccc(-c3ccc(/C=C4/C(=O)Nc5ccc(Cl)cc54)o3)c2)CC1. The summed E-state index contributed by atoms with van der Waals surface area (Å²) >= 11 is 6.12. The lowest BCUT2D eigenvalue weighted by Gasteiger charge is -2.35. The Labute approximate surface area is 203 Å². The summed E-state index contributed by atoms with van der Waals surface area (Å²) in [6.07, 6.45) is 3.68. The lowest BCUT2D eigenvalue weighted by molar-refractivity contribution is -0.110. The molecule has 5 rings (SSSR count). The van der Waals surface area contributed by atoms with Crippen LogP contribution in [-0.4, -0.2) is 54.8 Å². The highest BCUT2D eigenvalue weighted by Crippen LogP contribution is 2.35. The minimum Gasteiger partial charge on any atom is -0.457 e. The largest absolute Gasteiger partial charge is 0.457 e. The van der Waals surface area contributed by atoms with Gasteiger partial charge in [0.15, 0.2) is 0 Å². The number of furan rings is 1. The molecule has 0 atom stereocenters. The third kappa shape index (κ3) is 4.39. The predicted octanol–water partition coefficient (Wildman–Crippen LogP) is 5.26. The number of rotatable bonds is 4. The Hall–Kier alpha value is -3.35. The van der Waals surface area contributed by atoms with E-state index in [1.165, 1.54) is 0 Å². The molecule has 0 bridgehead atoms. The third-order valence-electron chi connectivity index (χ3n) is 6.55. The van der Waals surface area contributed by atoms with Gasteiger partial charge in [-0.2, -0.15) is 0 Å². The second-order valence-corrected chi connectivity index (χ2v) is 9.41. The molecule has 1 fully saturated rings. The summed E-state index contributed by atoms with van der Waals surface area (Å²) in [5.41, 5.74) is 3.45. The molecule has 0 unspecified atom stereocenters. The van der Waals surface area contributed by atoms with Gasteiger partial charge in [0, 0.05) is 46.5 Å². The molecular weight excluding hydrogens is 450 g/mol. The Balaban J connectivity index is 1.35. The van der Waals surface area contributed by atoms with Gasteiger partial charge in [0.1, 0.15) is 11.5 Å². The molecule has 0 radical (unpaired) electrons. The average Bonchev–Trinajstić information content (AvgIpc) is 3.43. The summed E-state index contributed by atoms with van der Waals surface area (Å²) < 4.78 is 6.03. The summed E-state index contributed by atoms with van der Waals surface area (Å²) in [4.78, 5) is 29.7. The molecule has 0 saturated carbocycles. The molecule has 34 heavy (non-hydrogen) atoms. The molecule has 1 N–H and O–H groups in total. The van der Waals surface area contributed by atoms with Gasteiger partial charge < -0.3 is 19.5 Å². The van der Waals surface area contributed by atoms with Crippen molar-refractivity contribution in [2.45, 2.75) is 18.9 Å². The molecular formula is C27H26ClN3O3. The zero-order chi connectivity index (χ0) is 23.8. The van der Waals surface area contributed by atoms with Crippen LogP contribution >= 0.6 is 11.6 Å². The molecule has 174 valence electrons. The minimum atomic E-state index is -0.194. The van der Waals surface area contributed by atoms with Crippen LogP contribution in [0.15, 0.2) is 59.0 Å². The first kappa shape index (κ1) is 22.4. The van der Waals surface area contributed by atoms with Gasteiger partial charge in [-0.15, -0.1) is 0 Å². The maximum atomic E-state index is 13.1. The van der Waals surface area contributed by atoms with Crippen molar-refractivity contribution in [3.63, 3.8) is 0 Å². The van der Waals surface area contributed by atoms with E-state index in [9.17, 15) is 9.59 Å². The number of nitrogens with one attached hydrogen (secondary N) is 1. The van der Waals surface area contributed by atoms with E-state index < -0.39 is 0 Å². The lowest BCUT2D eigenvalue weighted by atomic mass is 10.0. The van der Waals surface area contributed by atoms with Gasteiger partial charge in [0.2, 0.25) is 0 Å². The van der Waals surface area contributed by atoms with E-state index in [0.29, 0.717) is 33.7 Å². The van der Waals surface area contributed by atoms with Crippen molar-refractivity contribution in [1.29, 1.82) is 0 Å². The van der Waals surface area contributed by atoms with E-state index in [0.717, 1.165) is 42.7 Å². The van der Waals surface area contributed by atoms with Gasteiger partial charge in [-0.05, 0) is 75.5 Å². The van der Waals surface area contributed by atoms with Crippen LogP contribution in [0.3, 0.4) is 0 Å². The molecule has 7 heteroatoms. The quantitative estimate of drug-likeness (QED) is 0.523. The number of anilines is 1. The number of amides is 2. The van der Waals surface area contributed by atoms with Crippen molar-refractivity contribution in [2.75, 3.05) is 32.5 Å². The van der Waals surface area contributed by atoms with Gasteiger partial charge in [0.05, 0.1) is 5.57 Å². The average molecular weight is 476 g/mol. The van der Waals surface area contributed by atoms with Crippen LogP contribution in [0, 0.1) is 0 Å². The monoisotopic (exact) mass is 475 g/mol. The summed E-state index contributed by atoms with van der Waals surface area (Å²) in [5, 5.41) is 3.40. The fourth-order valence-electron chi connectivity index (χ4n) is 4.60. The van der Waals surface area contributed by atoms with Gasteiger partial charge in [0.25, 0.3) is 11.8 Å². The normalized spacial score (nSPS) is 17.4. The summed E-state index contributed by atoms with van der Waals surface area (Å²) in [6.45, 7) is 1.52. The van der Waals surface area contributed by atoms with E-state index in [1.807, 2.05) is 41.3 Å². The Bertz CT molecular complexity index is 1290. The summed E-state index contributed by atoms with van der Waals surface area (Å²) in [7, 11) is 4.18.